The highest BCUT2D eigenvalue weighted by Gasteiger charge is 2.43. The molecule has 1 fully saturated rings. The summed E-state index contributed by atoms with van der Waals surface area (Å²) < 4.78 is 24.5. The third-order valence-corrected chi connectivity index (χ3v) is 3.82. The van der Waals surface area contributed by atoms with Gasteiger partial charge in [-0.25, -0.2) is 9.18 Å². The van der Waals surface area contributed by atoms with Gasteiger partial charge in [0.15, 0.2) is 17.3 Å². The first kappa shape index (κ1) is 11.5. The number of hydrogen-bond donors (Lipinski definition) is 0. The lowest BCUT2D eigenvalue weighted by Gasteiger charge is -2.37. The van der Waals surface area contributed by atoms with E-state index in [1.165, 1.54) is 12.1 Å². The molecule has 0 amide bonds. The predicted molar refractivity (Wildman–Crippen MR) is 61.2 cm³/mol. The van der Waals surface area contributed by atoms with Crippen molar-refractivity contribution in [1.29, 1.82) is 0 Å². The average Bonchev–Trinajstić information content (AvgIpc) is 2.77. The van der Waals surface area contributed by atoms with E-state index in [1.54, 1.807) is 0 Å². The van der Waals surface area contributed by atoms with E-state index in [9.17, 15) is 9.18 Å². The summed E-state index contributed by atoms with van der Waals surface area (Å²) in [5.74, 6) is 0.00543. The van der Waals surface area contributed by atoms with Crippen molar-refractivity contribution >= 4 is 17.7 Å². The molecule has 1 saturated carbocycles. The number of aliphatic imine (C=N–C) groups is 1. The monoisotopic (exact) mass is 269 g/mol. The zero-order valence-electron chi connectivity index (χ0n) is 9.33. The van der Waals surface area contributed by atoms with Gasteiger partial charge in [-0.3, -0.25) is 0 Å². The highest BCUT2D eigenvalue weighted by molar-refractivity contribution is 6.32. The van der Waals surface area contributed by atoms with Gasteiger partial charge in [0.1, 0.15) is 10.6 Å². The van der Waals surface area contributed by atoms with Crippen molar-refractivity contribution in [2.75, 3.05) is 6.79 Å². The van der Waals surface area contributed by atoms with Crippen LogP contribution in [0, 0.1) is 5.82 Å². The normalized spacial score (nSPS) is 19.0. The lowest BCUT2D eigenvalue weighted by atomic mass is 9.72. The van der Waals surface area contributed by atoms with Crippen molar-refractivity contribution < 1.29 is 18.7 Å². The topological polar surface area (TPSA) is 47.9 Å². The van der Waals surface area contributed by atoms with Crippen LogP contribution in [0.4, 0.5) is 4.39 Å². The Morgan fingerprint density at radius 3 is 2.83 bits per heavy atom. The largest absolute Gasteiger partial charge is 0.454 e. The summed E-state index contributed by atoms with van der Waals surface area (Å²) in [6, 6.07) is 1.52. The molecule has 18 heavy (non-hydrogen) atoms. The second-order valence-electron chi connectivity index (χ2n) is 4.37. The Morgan fingerprint density at radius 2 is 2.22 bits per heavy atom. The minimum Gasteiger partial charge on any atom is -0.454 e. The number of carbonyl (C=O) groups excluding carboxylic acids is 1. The van der Waals surface area contributed by atoms with Crippen molar-refractivity contribution in [2.24, 2.45) is 4.99 Å². The Kier molecular flexibility index (Phi) is 2.54. The summed E-state index contributed by atoms with van der Waals surface area (Å²) in [5.41, 5.74) is -0.553. The standard InChI is InChI=1S/C12H9ClFNO3/c13-9-10(14)7(4-8-11(9)18-6-17-8)12(15-5-16)2-1-3-12/h4H,1-3,6H2. The van der Waals surface area contributed by atoms with Crippen LogP contribution in [0.15, 0.2) is 11.1 Å². The molecular formula is C12H9ClFNO3. The van der Waals surface area contributed by atoms with E-state index in [-0.39, 0.29) is 23.1 Å². The van der Waals surface area contributed by atoms with Crippen LogP contribution in [-0.2, 0) is 10.3 Å². The number of halogens is 2. The van der Waals surface area contributed by atoms with E-state index in [2.05, 4.69) is 4.99 Å². The number of benzene rings is 1. The molecule has 6 heteroatoms. The third kappa shape index (κ3) is 1.44. The highest BCUT2D eigenvalue weighted by atomic mass is 35.5. The Bertz CT molecular complexity index is 565. The van der Waals surface area contributed by atoms with E-state index in [4.69, 9.17) is 21.1 Å². The number of isocyanates is 1. The quantitative estimate of drug-likeness (QED) is 0.613. The third-order valence-electron chi connectivity index (χ3n) is 3.49. The summed E-state index contributed by atoms with van der Waals surface area (Å²) in [7, 11) is 0. The van der Waals surface area contributed by atoms with Gasteiger partial charge in [0.05, 0.1) is 0 Å². The van der Waals surface area contributed by atoms with Crippen LogP contribution in [0.1, 0.15) is 24.8 Å². The Hall–Kier alpha value is -1.58. The second kappa shape index (κ2) is 3.97. The fourth-order valence-corrected chi connectivity index (χ4v) is 2.61. The number of ether oxygens (including phenoxy) is 2. The van der Waals surface area contributed by atoms with Gasteiger partial charge in [-0.05, 0) is 25.3 Å². The molecule has 0 N–H and O–H groups in total. The van der Waals surface area contributed by atoms with E-state index < -0.39 is 11.4 Å². The number of nitrogens with zero attached hydrogens (tertiary/aromatic N) is 1. The fourth-order valence-electron chi connectivity index (χ4n) is 2.36. The first-order valence-electron chi connectivity index (χ1n) is 5.55. The maximum Gasteiger partial charge on any atom is 0.235 e. The molecular weight excluding hydrogens is 261 g/mol. The zero-order chi connectivity index (χ0) is 12.8. The van der Waals surface area contributed by atoms with E-state index >= 15 is 0 Å². The lowest BCUT2D eigenvalue weighted by Crippen LogP contribution is -2.33. The molecule has 0 radical (unpaired) electrons. The van der Waals surface area contributed by atoms with Gasteiger partial charge in [-0.1, -0.05) is 11.6 Å². The predicted octanol–water partition coefficient (Wildman–Crippen LogP) is 2.92. The molecule has 1 aliphatic carbocycles. The van der Waals surface area contributed by atoms with Crippen LogP contribution < -0.4 is 9.47 Å². The second-order valence-corrected chi connectivity index (χ2v) is 4.75. The summed E-state index contributed by atoms with van der Waals surface area (Å²) in [5, 5.41) is -0.118. The highest BCUT2D eigenvalue weighted by Crippen LogP contribution is 2.51. The Labute approximate surface area is 107 Å². The van der Waals surface area contributed by atoms with Gasteiger partial charge in [0.2, 0.25) is 12.9 Å². The average molecular weight is 270 g/mol. The molecule has 0 bridgehead atoms. The summed E-state index contributed by atoms with van der Waals surface area (Å²) in [6.07, 6.45) is 3.61. The fraction of sp³-hybridized carbons (Fsp3) is 0.417. The van der Waals surface area contributed by atoms with E-state index in [1.807, 2.05) is 0 Å². The minimum atomic E-state index is -0.837. The maximum absolute atomic E-state index is 14.2. The lowest BCUT2D eigenvalue weighted by molar-refractivity contribution is 0.173. The maximum atomic E-state index is 14.2. The first-order valence-corrected chi connectivity index (χ1v) is 5.93. The van der Waals surface area contributed by atoms with Gasteiger partial charge in [0.25, 0.3) is 0 Å². The Balaban J connectivity index is 2.18. The number of rotatable bonds is 2. The van der Waals surface area contributed by atoms with Gasteiger partial charge in [-0.15, -0.1) is 0 Å². The van der Waals surface area contributed by atoms with Crippen LogP contribution >= 0.6 is 11.6 Å². The number of hydrogen-bond acceptors (Lipinski definition) is 4. The molecule has 1 heterocycles. The molecule has 0 unspecified atom stereocenters. The van der Waals surface area contributed by atoms with E-state index in [0.717, 1.165) is 6.42 Å². The van der Waals surface area contributed by atoms with Crippen molar-refractivity contribution in [3.8, 4) is 11.5 Å². The zero-order valence-corrected chi connectivity index (χ0v) is 10.1. The van der Waals surface area contributed by atoms with Crippen molar-refractivity contribution in [2.45, 2.75) is 24.8 Å². The van der Waals surface area contributed by atoms with Crippen molar-refractivity contribution in [3.05, 3.63) is 22.5 Å². The van der Waals surface area contributed by atoms with Crippen LogP contribution in [0.5, 0.6) is 11.5 Å². The van der Waals surface area contributed by atoms with Gasteiger partial charge in [-0.2, -0.15) is 4.99 Å². The molecule has 0 atom stereocenters. The SMILES string of the molecule is O=C=NC1(c2cc3c(c(Cl)c2F)OCO3)CCC1. The molecule has 94 valence electrons. The van der Waals surface area contributed by atoms with Gasteiger partial charge < -0.3 is 9.47 Å². The minimum absolute atomic E-state index is 0.0158. The van der Waals surface area contributed by atoms with E-state index in [0.29, 0.717) is 18.6 Å². The molecule has 1 aromatic rings. The van der Waals surface area contributed by atoms with Crippen LogP contribution in [0.3, 0.4) is 0 Å². The molecule has 0 aromatic heterocycles. The summed E-state index contributed by atoms with van der Waals surface area (Å²) in [6.45, 7) is 0.0158. The van der Waals surface area contributed by atoms with Gasteiger partial charge >= 0.3 is 0 Å². The molecule has 1 aliphatic heterocycles. The first-order chi connectivity index (χ1) is 8.68. The summed E-state index contributed by atoms with van der Waals surface area (Å²) >= 11 is 5.91. The van der Waals surface area contributed by atoms with Crippen LogP contribution in [0.2, 0.25) is 5.02 Å². The van der Waals surface area contributed by atoms with Crippen molar-refractivity contribution in [1.82, 2.24) is 0 Å². The molecule has 4 nitrogen and oxygen atoms in total. The molecule has 3 rings (SSSR count). The van der Waals surface area contributed by atoms with Crippen LogP contribution in [0.25, 0.3) is 0 Å². The van der Waals surface area contributed by atoms with Crippen molar-refractivity contribution in [3.63, 3.8) is 0 Å². The van der Waals surface area contributed by atoms with Gasteiger partial charge in [0, 0.05) is 5.56 Å². The number of fused-ring (bicyclic) bond motifs is 1. The molecule has 0 spiro atoms. The molecule has 2 aliphatic rings. The smallest absolute Gasteiger partial charge is 0.235 e. The summed E-state index contributed by atoms with van der Waals surface area (Å²) in [4.78, 5) is 14.3. The van der Waals surface area contributed by atoms with Crippen LogP contribution in [-0.4, -0.2) is 12.9 Å². The Morgan fingerprint density at radius 1 is 1.44 bits per heavy atom. The molecule has 1 aromatic carbocycles. The molecule has 0 saturated heterocycles.